The standard InChI is InChI=1S/C18H17N3O2S/c22-17(19-9-10-20-18(23)16-4-3-13-24-16)14-5-7-15(8-6-14)21-11-1-2-12-21/h1-8,11-13H,9-10H2,(H,19,22)(H,20,23). The summed E-state index contributed by atoms with van der Waals surface area (Å²) >= 11 is 1.39. The highest BCUT2D eigenvalue weighted by atomic mass is 32.1. The Hall–Kier alpha value is -2.86. The number of carbonyl (C=O) groups is 2. The van der Waals surface area contributed by atoms with Crippen molar-refractivity contribution in [2.45, 2.75) is 0 Å². The van der Waals surface area contributed by atoms with Gasteiger partial charge in [0, 0.05) is 36.7 Å². The summed E-state index contributed by atoms with van der Waals surface area (Å²) in [5, 5.41) is 7.42. The van der Waals surface area contributed by atoms with Gasteiger partial charge < -0.3 is 15.2 Å². The number of amides is 2. The third-order valence-corrected chi connectivity index (χ3v) is 4.34. The molecule has 2 amide bonds. The molecule has 2 N–H and O–H groups in total. The first kappa shape index (κ1) is 16.0. The van der Waals surface area contributed by atoms with E-state index in [-0.39, 0.29) is 11.8 Å². The number of nitrogens with one attached hydrogen (secondary N) is 2. The van der Waals surface area contributed by atoms with E-state index in [1.54, 1.807) is 18.2 Å². The lowest BCUT2D eigenvalue weighted by atomic mass is 10.2. The normalized spacial score (nSPS) is 10.3. The summed E-state index contributed by atoms with van der Waals surface area (Å²) in [6.07, 6.45) is 3.90. The third kappa shape index (κ3) is 3.91. The van der Waals surface area contributed by atoms with Crippen molar-refractivity contribution < 1.29 is 9.59 Å². The van der Waals surface area contributed by atoms with E-state index in [1.165, 1.54) is 11.3 Å². The van der Waals surface area contributed by atoms with Crippen molar-refractivity contribution in [1.29, 1.82) is 0 Å². The second kappa shape index (κ2) is 7.61. The minimum atomic E-state index is -0.153. The van der Waals surface area contributed by atoms with Crippen LogP contribution in [-0.4, -0.2) is 29.5 Å². The molecule has 0 spiro atoms. The van der Waals surface area contributed by atoms with E-state index in [4.69, 9.17) is 0 Å². The van der Waals surface area contributed by atoms with Crippen molar-refractivity contribution in [3.8, 4) is 5.69 Å². The van der Waals surface area contributed by atoms with Gasteiger partial charge in [-0.25, -0.2) is 0 Å². The van der Waals surface area contributed by atoms with Crippen LogP contribution in [-0.2, 0) is 0 Å². The first-order valence-electron chi connectivity index (χ1n) is 7.57. The first-order chi connectivity index (χ1) is 11.7. The van der Waals surface area contributed by atoms with Gasteiger partial charge in [0.1, 0.15) is 0 Å². The molecule has 2 aromatic heterocycles. The lowest BCUT2D eigenvalue weighted by molar-refractivity contribution is 0.0929. The predicted octanol–water partition coefficient (Wildman–Crippen LogP) is 2.70. The summed E-state index contributed by atoms with van der Waals surface area (Å²) in [6.45, 7) is 0.777. The van der Waals surface area contributed by atoms with Gasteiger partial charge in [0.25, 0.3) is 11.8 Å². The van der Waals surface area contributed by atoms with Crippen LogP contribution < -0.4 is 10.6 Å². The molecule has 5 nitrogen and oxygen atoms in total. The van der Waals surface area contributed by atoms with Crippen LogP contribution in [0, 0.1) is 0 Å². The van der Waals surface area contributed by atoms with Crippen LogP contribution in [0.25, 0.3) is 5.69 Å². The average molecular weight is 339 g/mol. The molecule has 1 aromatic carbocycles. The topological polar surface area (TPSA) is 63.1 Å². The van der Waals surface area contributed by atoms with Crippen molar-refractivity contribution in [2.75, 3.05) is 13.1 Å². The monoisotopic (exact) mass is 339 g/mol. The number of hydrogen-bond donors (Lipinski definition) is 2. The summed E-state index contributed by atoms with van der Waals surface area (Å²) in [5.41, 5.74) is 1.59. The van der Waals surface area contributed by atoms with Crippen molar-refractivity contribution in [3.05, 3.63) is 76.7 Å². The summed E-state index contributed by atoms with van der Waals surface area (Å²) in [5.74, 6) is -0.269. The van der Waals surface area contributed by atoms with Gasteiger partial charge in [-0.3, -0.25) is 9.59 Å². The maximum atomic E-state index is 12.1. The van der Waals surface area contributed by atoms with E-state index in [2.05, 4.69) is 10.6 Å². The molecular formula is C18H17N3O2S. The van der Waals surface area contributed by atoms with Gasteiger partial charge in [-0.1, -0.05) is 6.07 Å². The van der Waals surface area contributed by atoms with E-state index in [1.807, 2.05) is 52.7 Å². The molecule has 122 valence electrons. The summed E-state index contributed by atoms with van der Waals surface area (Å²) in [6, 6.07) is 14.9. The minimum Gasteiger partial charge on any atom is -0.350 e. The summed E-state index contributed by atoms with van der Waals surface area (Å²) in [7, 11) is 0. The maximum absolute atomic E-state index is 12.1. The Morgan fingerprint density at radius 3 is 2.17 bits per heavy atom. The van der Waals surface area contributed by atoms with Gasteiger partial charge in [0.2, 0.25) is 0 Å². The highest BCUT2D eigenvalue weighted by Crippen LogP contribution is 2.10. The molecule has 2 heterocycles. The zero-order chi connectivity index (χ0) is 16.8. The summed E-state index contributed by atoms with van der Waals surface area (Å²) < 4.78 is 1.97. The second-order valence-electron chi connectivity index (χ2n) is 5.13. The maximum Gasteiger partial charge on any atom is 0.261 e. The smallest absolute Gasteiger partial charge is 0.261 e. The minimum absolute atomic E-state index is 0.115. The number of aromatic nitrogens is 1. The number of nitrogens with zero attached hydrogens (tertiary/aromatic N) is 1. The Balaban J connectivity index is 1.46. The highest BCUT2D eigenvalue weighted by Gasteiger charge is 2.07. The fourth-order valence-corrected chi connectivity index (χ4v) is 2.88. The molecule has 6 heteroatoms. The molecule has 3 aromatic rings. The Morgan fingerprint density at radius 1 is 0.875 bits per heavy atom. The zero-order valence-electron chi connectivity index (χ0n) is 12.9. The molecule has 0 unspecified atom stereocenters. The first-order valence-corrected chi connectivity index (χ1v) is 8.45. The molecule has 0 aliphatic carbocycles. The molecular weight excluding hydrogens is 322 g/mol. The van der Waals surface area contributed by atoms with Crippen LogP contribution in [0.4, 0.5) is 0 Å². The number of hydrogen-bond acceptors (Lipinski definition) is 3. The highest BCUT2D eigenvalue weighted by molar-refractivity contribution is 7.12. The number of thiophene rings is 1. The van der Waals surface area contributed by atoms with E-state index < -0.39 is 0 Å². The predicted molar refractivity (Wildman–Crippen MR) is 94.8 cm³/mol. The van der Waals surface area contributed by atoms with Crippen LogP contribution in [0.2, 0.25) is 0 Å². The Labute approximate surface area is 143 Å². The van der Waals surface area contributed by atoms with Crippen molar-refractivity contribution in [2.24, 2.45) is 0 Å². The molecule has 0 aliphatic rings. The SMILES string of the molecule is O=C(NCCNC(=O)c1cccs1)c1ccc(-n2cccc2)cc1. The van der Waals surface area contributed by atoms with Gasteiger partial charge >= 0.3 is 0 Å². The lowest BCUT2D eigenvalue weighted by Crippen LogP contribution is -2.34. The Bertz CT molecular complexity index is 793. The molecule has 3 rings (SSSR count). The van der Waals surface area contributed by atoms with Crippen LogP contribution in [0.5, 0.6) is 0 Å². The fourth-order valence-electron chi connectivity index (χ4n) is 2.24. The van der Waals surface area contributed by atoms with Gasteiger partial charge in [-0.2, -0.15) is 0 Å². The van der Waals surface area contributed by atoms with Crippen molar-refractivity contribution in [1.82, 2.24) is 15.2 Å². The quantitative estimate of drug-likeness (QED) is 0.678. The average Bonchev–Trinajstić information content (AvgIpc) is 3.32. The van der Waals surface area contributed by atoms with Gasteiger partial charge in [-0.15, -0.1) is 11.3 Å². The summed E-state index contributed by atoms with van der Waals surface area (Å²) in [4.78, 5) is 24.5. The molecule has 0 aliphatic heterocycles. The van der Waals surface area contributed by atoms with Crippen LogP contribution >= 0.6 is 11.3 Å². The van der Waals surface area contributed by atoms with Crippen molar-refractivity contribution in [3.63, 3.8) is 0 Å². The molecule has 0 fully saturated rings. The van der Waals surface area contributed by atoms with Crippen molar-refractivity contribution >= 4 is 23.2 Å². The van der Waals surface area contributed by atoms with Gasteiger partial charge in [0.05, 0.1) is 4.88 Å². The van der Waals surface area contributed by atoms with E-state index in [0.29, 0.717) is 23.5 Å². The molecule has 0 saturated carbocycles. The third-order valence-electron chi connectivity index (χ3n) is 3.47. The van der Waals surface area contributed by atoms with Crippen LogP contribution in [0.1, 0.15) is 20.0 Å². The number of benzene rings is 1. The number of rotatable bonds is 6. The zero-order valence-corrected chi connectivity index (χ0v) is 13.8. The molecule has 0 atom stereocenters. The molecule has 0 radical (unpaired) electrons. The van der Waals surface area contributed by atoms with E-state index in [9.17, 15) is 9.59 Å². The second-order valence-corrected chi connectivity index (χ2v) is 6.07. The molecule has 24 heavy (non-hydrogen) atoms. The van der Waals surface area contributed by atoms with Gasteiger partial charge in [0.15, 0.2) is 0 Å². The Morgan fingerprint density at radius 2 is 1.54 bits per heavy atom. The molecule has 0 saturated heterocycles. The lowest BCUT2D eigenvalue weighted by Gasteiger charge is -2.08. The largest absolute Gasteiger partial charge is 0.350 e. The Kier molecular flexibility index (Phi) is 5.08. The van der Waals surface area contributed by atoms with Crippen LogP contribution in [0.15, 0.2) is 66.3 Å². The molecule has 0 bridgehead atoms. The van der Waals surface area contributed by atoms with E-state index >= 15 is 0 Å². The van der Waals surface area contributed by atoms with Crippen LogP contribution in [0.3, 0.4) is 0 Å². The van der Waals surface area contributed by atoms with E-state index in [0.717, 1.165) is 5.69 Å². The fraction of sp³-hybridized carbons (Fsp3) is 0.111. The van der Waals surface area contributed by atoms with Gasteiger partial charge in [-0.05, 0) is 47.8 Å². The number of carbonyl (C=O) groups excluding carboxylic acids is 2.